The Balaban J connectivity index is 1.23. The van der Waals surface area contributed by atoms with Crippen molar-refractivity contribution in [3.05, 3.63) is 112 Å². The van der Waals surface area contributed by atoms with Crippen molar-refractivity contribution in [2.24, 2.45) is 0 Å². The minimum Gasteiger partial charge on any atom is -0.462 e. The molecule has 0 aliphatic rings. The molecule has 2 heterocycles. The first-order chi connectivity index (χ1) is 20.0. The van der Waals surface area contributed by atoms with Crippen LogP contribution in [0.2, 0.25) is 0 Å². The average molecular weight is 562 g/mol. The summed E-state index contributed by atoms with van der Waals surface area (Å²) in [5.74, 6) is -0.0375. The average Bonchev–Trinajstić information content (AvgIpc) is 3.65. The molecule has 1 amide bonds. The maximum atomic E-state index is 12.8. The number of amides is 1. The number of ether oxygens (including phenoxy) is 1. The van der Waals surface area contributed by atoms with Gasteiger partial charge in [-0.2, -0.15) is 5.26 Å². The maximum Gasteiger partial charge on any atom is 0.338 e. The number of anilines is 1. The first kappa shape index (κ1) is 27.6. The van der Waals surface area contributed by atoms with Crippen LogP contribution in [0.15, 0.2) is 95.0 Å². The Hall–Kier alpha value is -5.00. The smallest absolute Gasteiger partial charge is 0.338 e. The molecule has 7 nitrogen and oxygen atoms in total. The van der Waals surface area contributed by atoms with Crippen LogP contribution in [0.4, 0.5) is 5.13 Å². The van der Waals surface area contributed by atoms with Gasteiger partial charge < -0.3 is 9.15 Å². The second kappa shape index (κ2) is 12.9. The number of carbonyl (C=O) groups excluding carboxylic acids is 2. The van der Waals surface area contributed by atoms with E-state index in [9.17, 15) is 14.9 Å². The van der Waals surface area contributed by atoms with Crippen LogP contribution in [0.25, 0.3) is 28.2 Å². The molecule has 3 aromatic carbocycles. The van der Waals surface area contributed by atoms with Crippen LogP contribution in [-0.4, -0.2) is 23.5 Å². The fourth-order valence-electron chi connectivity index (χ4n) is 4.29. The van der Waals surface area contributed by atoms with Gasteiger partial charge in [-0.3, -0.25) is 10.1 Å². The van der Waals surface area contributed by atoms with Crippen LogP contribution in [0.1, 0.15) is 46.3 Å². The number of hydrogen-bond acceptors (Lipinski definition) is 7. The fraction of sp³-hybridized carbons (Fsp3) is 0.152. The van der Waals surface area contributed by atoms with Crippen LogP contribution < -0.4 is 5.32 Å². The van der Waals surface area contributed by atoms with Gasteiger partial charge in [0.2, 0.25) is 0 Å². The van der Waals surface area contributed by atoms with Crippen molar-refractivity contribution in [2.45, 2.75) is 26.2 Å². The molecule has 0 aliphatic heterocycles. The van der Waals surface area contributed by atoms with Gasteiger partial charge in [-0.25, -0.2) is 9.78 Å². The zero-order valence-corrected chi connectivity index (χ0v) is 23.2. The SMILES string of the molecule is CCCCOC(=O)c1ccc(-c2ccc(C=C(C#N)C(=O)Nc3ncc(Cc4cccc5ccccc45)s3)o2)cc1. The lowest BCUT2D eigenvalue weighted by atomic mass is 10.0. The summed E-state index contributed by atoms with van der Waals surface area (Å²) in [7, 11) is 0. The topological polar surface area (TPSA) is 105 Å². The van der Waals surface area contributed by atoms with Crippen LogP contribution in [0.3, 0.4) is 0 Å². The number of fused-ring (bicyclic) bond motifs is 1. The lowest BCUT2D eigenvalue weighted by Crippen LogP contribution is -2.13. The molecule has 0 fully saturated rings. The normalized spacial score (nSPS) is 11.3. The predicted molar refractivity (Wildman–Crippen MR) is 160 cm³/mol. The molecule has 0 unspecified atom stereocenters. The van der Waals surface area contributed by atoms with Gasteiger partial charge in [0, 0.05) is 29.1 Å². The van der Waals surface area contributed by atoms with Crippen molar-refractivity contribution < 1.29 is 18.7 Å². The van der Waals surface area contributed by atoms with Crippen LogP contribution in [-0.2, 0) is 16.0 Å². The maximum absolute atomic E-state index is 12.8. The molecule has 0 saturated heterocycles. The van der Waals surface area contributed by atoms with E-state index >= 15 is 0 Å². The predicted octanol–water partition coefficient (Wildman–Crippen LogP) is 7.65. The van der Waals surface area contributed by atoms with E-state index in [1.54, 1.807) is 42.6 Å². The Labute approximate surface area is 241 Å². The lowest BCUT2D eigenvalue weighted by Gasteiger charge is -2.04. The van der Waals surface area contributed by atoms with Gasteiger partial charge in [0.25, 0.3) is 5.91 Å². The summed E-state index contributed by atoms with van der Waals surface area (Å²) in [4.78, 5) is 30.3. The van der Waals surface area contributed by atoms with Gasteiger partial charge in [-0.1, -0.05) is 67.9 Å². The van der Waals surface area contributed by atoms with E-state index in [2.05, 4.69) is 34.6 Å². The number of esters is 1. The van der Waals surface area contributed by atoms with Crippen molar-refractivity contribution >= 4 is 45.2 Å². The van der Waals surface area contributed by atoms with E-state index in [1.807, 2.05) is 31.2 Å². The molecule has 2 aromatic heterocycles. The monoisotopic (exact) mass is 561 g/mol. The summed E-state index contributed by atoms with van der Waals surface area (Å²) in [6, 6.07) is 26.7. The zero-order valence-electron chi connectivity index (χ0n) is 22.4. The second-order valence-electron chi connectivity index (χ2n) is 9.34. The molecule has 0 atom stereocenters. The molecule has 0 radical (unpaired) electrons. The molecular formula is C33H27N3O4S. The molecule has 0 bridgehead atoms. The molecule has 5 rings (SSSR count). The molecule has 41 heavy (non-hydrogen) atoms. The van der Waals surface area contributed by atoms with Crippen LogP contribution in [0.5, 0.6) is 0 Å². The van der Waals surface area contributed by atoms with E-state index in [0.717, 1.165) is 23.3 Å². The van der Waals surface area contributed by atoms with Crippen molar-refractivity contribution in [3.63, 3.8) is 0 Å². The summed E-state index contributed by atoms with van der Waals surface area (Å²) in [5, 5.41) is 15.1. The van der Waals surface area contributed by atoms with Gasteiger partial charge >= 0.3 is 5.97 Å². The van der Waals surface area contributed by atoms with Gasteiger partial charge in [-0.15, -0.1) is 11.3 Å². The third-order valence-corrected chi connectivity index (χ3v) is 7.35. The zero-order chi connectivity index (χ0) is 28.6. The summed E-state index contributed by atoms with van der Waals surface area (Å²) in [6.45, 7) is 2.43. The van der Waals surface area contributed by atoms with Crippen LogP contribution >= 0.6 is 11.3 Å². The minimum absolute atomic E-state index is 0.109. The Morgan fingerprint density at radius 3 is 2.66 bits per heavy atom. The van der Waals surface area contributed by atoms with Crippen molar-refractivity contribution in [1.82, 2.24) is 4.98 Å². The minimum atomic E-state index is -0.567. The Morgan fingerprint density at radius 1 is 1.05 bits per heavy atom. The number of thiazole rings is 1. The molecule has 204 valence electrons. The highest BCUT2D eigenvalue weighted by Crippen LogP contribution is 2.27. The molecule has 0 saturated carbocycles. The number of furan rings is 1. The third-order valence-electron chi connectivity index (χ3n) is 6.43. The Kier molecular flexibility index (Phi) is 8.67. The third kappa shape index (κ3) is 6.78. The van der Waals surface area contributed by atoms with Crippen LogP contribution in [0, 0.1) is 11.3 Å². The Bertz CT molecular complexity index is 1750. The van der Waals surface area contributed by atoms with E-state index in [1.165, 1.54) is 33.7 Å². The first-order valence-corrected chi connectivity index (χ1v) is 14.1. The highest BCUT2D eigenvalue weighted by Gasteiger charge is 2.15. The molecule has 0 spiro atoms. The molecule has 5 aromatic rings. The number of rotatable bonds is 10. The van der Waals surface area contributed by atoms with E-state index in [-0.39, 0.29) is 11.5 Å². The number of hydrogen-bond donors (Lipinski definition) is 1. The number of unbranched alkanes of at least 4 members (excludes halogenated alkanes) is 1. The largest absolute Gasteiger partial charge is 0.462 e. The summed E-state index contributed by atoms with van der Waals surface area (Å²) in [6.07, 6.45) is 5.60. The van der Waals surface area contributed by atoms with Gasteiger partial charge in [-0.05, 0) is 47.0 Å². The first-order valence-electron chi connectivity index (χ1n) is 13.3. The van der Waals surface area contributed by atoms with E-state index in [0.29, 0.717) is 35.2 Å². The highest BCUT2D eigenvalue weighted by molar-refractivity contribution is 7.15. The number of aromatic nitrogens is 1. The molecule has 1 N–H and O–H groups in total. The summed E-state index contributed by atoms with van der Waals surface area (Å²) < 4.78 is 11.1. The van der Waals surface area contributed by atoms with Gasteiger partial charge in [0.1, 0.15) is 23.2 Å². The van der Waals surface area contributed by atoms with E-state index in [4.69, 9.17) is 9.15 Å². The number of nitrogens with zero attached hydrogens (tertiary/aromatic N) is 2. The number of nitrogens with one attached hydrogen (secondary N) is 1. The number of carbonyl (C=O) groups is 2. The molecule has 8 heteroatoms. The molecular weight excluding hydrogens is 534 g/mol. The van der Waals surface area contributed by atoms with Crippen molar-refractivity contribution in [1.29, 1.82) is 5.26 Å². The summed E-state index contributed by atoms with van der Waals surface area (Å²) in [5.41, 5.74) is 2.28. The van der Waals surface area contributed by atoms with E-state index < -0.39 is 5.91 Å². The highest BCUT2D eigenvalue weighted by atomic mass is 32.1. The molecule has 0 aliphatic carbocycles. The fourth-order valence-corrected chi connectivity index (χ4v) is 5.12. The number of benzene rings is 3. The Morgan fingerprint density at radius 2 is 1.85 bits per heavy atom. The van der Waals surface area contributed by atoms with Crippen molar-refractivity contribution in [3.8, 4) is 17.4 Å². The van der Waals surface area contributed by atoms with Crippen molar-refractivity contribution in [2.75, 3.05) is 11.9 Å². The van der Waals surface area contributed by atoms with Gasteiger partial charge in [0.15, 0.2) is 5.13 Å². The quantitative estimate of drug-likeness (QED) is 0.0813. The number of nitriles is 1. The second-order valence-corrected chi connectivity index (χ2v) is 10.5. The van der Waals surface area contributed by atoms with Gasteiger partial charge in [0.05, 0.1) is 12.2 Å². The summed E-state index contributed by atoms with van der Waals surface area (Å²) >= 11 is 1.37. The lowest BCUT2D eigenvalue weighted by molar-refractivity contribution is -0.112. The standard InChI is InChI=1S/C33H27N3O4S/c1-2-3-17-39-32(38)24-13-11-23(12-14-24)30-16-15-27(40-30)18-26(20-34)31(37)36-33-35-21-28(41-33)19-25-9-6-8-22-7-4-5-10-29(22)25/h4-16,18,21H,2-3,17,19H2,1H3,(H,35,36,37).